The van der Waals surface area contributed by atoms with Gasteiger partial charge in [-0.15, -0.1) is 0 Å². The molecule has 186 valence electrons. The third-order valence-corrected chi connectivity index (χ3v) is 6.87. The summed E-state index contributed by atoms with van der Waals surface area (Å²) in [6.45, 7) is 7.67. The lowest BCUT2D eigenvalue weighted by Gasteiger charge is -2.37. The van der Waals surface area contributed by atoms with Crippen molar-refractivity contribution in [3.05, 3.63) is 58.8 Å². The first kappa shape index (κ1) is 24.9. The van der Waals surface area contributed by atoms with Gasteiger partial charge < -0.3 is 28.7 Å². The number of thioether (sulfide) groups is 1. The number of esters is 1. The highest BCUT2D eigenvalue weighted by molar-refractivity contribution is 8.16. The number of amidine groups is 1. The van der Waals surface area contributed by atoms with Crippen molar-refractivity contribution in [3.63, 3.8) is 0 Å². The highest BCUT2D eigenvalue weighted by Crippen LogP contribution is 2.48. The first-order chi connectivity index (χ1) is 17.0. The summed E-state index contributed by atoms with van der Waals surface area (Å²) in [5, 5.41) is 2.60. The summed E-state index contributed by atoms with van der Waals surface area (Å²) in [6, 6.07) is 4.90. The van der Waals surface area contributed by atoms with E-state index >= 15 is 0 Å². The van der Waals surface area contributed by atoms with Crippen molar-refractivity contribution in [1.29, 1.82) is 0 Å². The molecule has 1 amide bonds. The zero-order chi connectivity index (χ0) is 24.9. The summed E-state index contributed by atoms with van der Waals surface area (Å²) < 4.78 is 22.1. The number of para-hydroxylation sites is 1. The number of hydrogen-bond donors (Lipinski definition) is 0. The second-order valence-electron chi connectivity index (χ2n) is 8.03. The molecule has 10 heteroatoms. The normalized spacial score (nSPS) is 19.6. The van der Waals surface area contributed by atoms with Crippen molar-refractivity contribution in [2.75, 3.05) is 47.1 Å². The molecule has 3 heterocycles. The van der Waals surface area contributed by atoms with Gasteiger partial charge in [-0.05, 0) is 18.4 Å². The van der Waals surface area contributed by atoms with Gasteiger partial charge in [0.25, 0.3) is 0 Å². The van der Waals surface area contributed by atoms with E-state index in [1.165, 1.54) is 17.8 Å². The third-order valence-electron chi connectivity index (χ3n) is 5.98. The Morgan fingerprint density at radius 1 is 1.26 bits per heavy atom. The van der Waals surface area contributed by atoms with Gasteiger partial charge in [0, 0.05) is 24.4 Å². The van der Waals surface area contributed by atoms with Gasteiger partial charge in [-0.25, -0.2) is 9.79 Å². The predicted molar refractivity (Wildman–Crippen MR) is 133 cm³/mol. The van der Waals surface area contributed by atoms with Crippen LogP contribution in [0.5, 0.6) is 11.5 Å². The van der Waals surface area contributed by atoms with E-state index in [0.29, 0.717) is 59.8 Å². The van der Waals surface area contributed by atoms with E-state index in [1.807, 2.05) is 22.4 Å². The lowest BCUT2D eigenvalue weighted by atomic mass is 9.92. The molecule has 1 fully saturated rings. The number of ether oxygens (including phenoxy) is 4. The number of fused-ring (bicyclic) bond motifs is 1. The van der Waals surface area contributed by atoms with Gasteiger partial charge in [0.15, 0.2) is 16.7 Å². The SMILES string of the molecule is C=CCOC(=O)C1=C(C)N=C2SC=C(CC(=O)N3CCOCC3)N2[C@@H]1c1cccc(OC)c1OC. The second-order valence-corrected chi connectivity index (χ2v) is 8.87. The van der Waals surface area contributed by atoms with Crippen LogP contribution >= 0.6 is 11.8 Å². The minimum Gasteiger partial charge on any atom is -0.493 e. The number of aliphatic imine (C=N–C) groups is 1. The Morgan fingerprint density at radius 2 is 2.03 bits per heavy atom. The lowest BCUT2D eigenvalue weighted by Crippen LogP contribution is -2.42. The van der Waals surface area contributed by atoms with Crippen molar-refractivity contribution in [3.8, 4) is 11.5 Å². The van der Waals surface area contributed by atoms with Crippen LogP contribution in [0.4, 0.5) is 0 Å². The monoisotopic (exact) mass is 499 g/mol. The topological polar surface area (TPSA) is 89.9 Å². The molecule has 35 heavy (non-hydrogen) atoms. The molecule has 0 saturated carbocycles. The molecule has 0 unspecified atom stereocenters. The van der Waals surface area contributed by atoms with Crippen molar-refractivity contribution in [2.24, 2.45) is 4.99 Å². The predicted octanol–water partition coefficient (Wildman–Crippen LogP) is 3.26. The smallest absolute Gasteiger partial charge is 0.338 e. The number of carbonyl (C=O) groups excluding carboxylic acids is 2. The molecule has 1 atom stereocenters. The zero-order valence-corrected chi connectivity index (χ0v) is 20.9. The minimum atomic E-state index is -0.622. The number of morpholine rings is 1. The van der Waals surface area contributed by atoms with Crippen LogP contribution in [-0.4, -0.2) is 74.0 Å². The Bertz CT molecular complexity index is 1110. The Morgan fingerprint density at radius 3 is 2.71 bits per heavy atom. The number of methoxy groups -OCH3 is 2. The number of amides is 1. The van der Waals surface area contributed by atoms with E-state index in [0.717, 1.165) is 5.70 Å². The van der Waals surface area contributed by atoms with E-state index in [-0.39, 0.29) is 18.9 Å². The molecule has 1 aromatic rings. The Labute approximate surface area is 209 Å². The molecule has 3 aliphatic rings. The quantitative estimate of drug-likeness (QED) is 0.398. The van der Waals surface area contributed by atoms with E-state index < -0.39 is 12.0 Å². The van der Waals surface area contributed by atoms with Gasteiger partial charge in [-0.1, -0.05) is 36.5 Å². The van der Waals surface area contributed by atoms with Crippen molar-refractivity contribution in [1.82, 2.24) is 9.80 Å². The summed E-state index contributed by atoms with van der Waals surface area (Å²) >= 11 is 1.42. The van der Waals surface area contributed by atoms with Gasteiger partial charge in [-0.3, -0.25) is 4.79 Å². The van der Waals surface area contributed by atoms with Crippen LogP contribution < -0.4 is 9.47 Å². The fourth-order valence-corrected chi connectivity index (χ4v) is 5.31. The van der Waals surface area contributed by atoms with Crippen LogP contribution in [0.25, 0.3) is 0 Å². The standard InChI is InChI=1S/C25H29N3O6S/c1-5-11-34-24(30)21-16(2)26-25-28(22(21)18-7-6-8-19(31-3)23(18)32-4)17(15-35-25)14-20(29)27-9-12-33-13-10-27/h5-8,15,22H,1,9-14H2,2-4H3/t22-/m1/s1. The molecule has 0 spiro atoms. The summed E-state index contributed by atoms with van der Waals surface area (Å²) in [6.07, 6.45) is 1.69. The molecule has 0 aromatic heterocycles. The number of nitrogens with zero attached hydrogens (tertiary/aromatic N) is 3. The van der Waals surface area contributed by atoms with Crippen LogP contribution in [-0.2, 0) is 19.1 Å². The summed E-state index contributed by atoms with van der Waals surface area (Å²) in [5.41, 5.74) is 2.37. The number of allylic oxidation sites excluding steroid dienone is 1. The van der Waals surface area contributed by atoms with E-state index in [2.05, 4.69) is 11.6 Å². The molecular formula is C25H29N3O6S. The van der Waals surface area contributed by atoms with Gasteiger partial charge >= 0.3 is 5.97 Å². The molecule has 0 aliphatic carbocycles. The van der Waals surface area contributed by atoms with Crippen LogP contribution in [0.3, 0.4) is 0 Å². The first-order valence-corrected chi connectivity index (χ1v) is 12.2. The largest absolute Gasteiger partial charge is 0.493 e. The maximum atomic E-state index is 13.3. The van der Waals surface area contributed by atoms with Crippen LogP contribution in [0.1, 0.15) is 24.9 Å². The molecule has 0 radical (unpaired) electrons. The Hall–Kier alpha value is -3.24. The van der Waals surface area contributed by atoms with Crippen molar-refractivity contribution in [2.45, 2.75) is 19.4 Å². The molecule has 0 N–H and O–H groups in total. The van der Waals surface area contributed by atoms with E-state index in [4.69, 9.17) is 18.9 Å². The van der Waals surface area contributed by atoms with Gasteiger partial charge in [0.1, 0.15) is 6.61 Å². The highest BCUT2D eigenvalue weighted by Gasteiger charge is 2.43. The molecular weight excluding hydrogens is 470 g/mol. The summed E-state index contributed by atoms with van der Waals surface area (Å²) in [5.74, 6) is 0.529. The molecule has 3 aliphatic heterocycles. The number of carbonyl (C=O) groups is 2. The number of benzene rings is 1. The van der Waals surface area contributed by atoms with Gasteiger partial charge in [0.05, 0.1) is 51.2 Å². The average Bonchev–Trinajstić information content (AvgIpc) is 3.27. The Balaban J connectivity index is 1.77. The minimum absolute atomic E-state index is 0.000170. The van der Waals surface area contributed by atoms with Crippen molar-refractivity contribution < 1.29 is 28.5 Å². The molecule has 9 nitrogen and oxygen atoms in total. The fourth-order valence-electron chi connectivity index (χ4n) is 4.34. The highest BCUT2D eigenvalue weighted by atomic mass is 32.2. The fraction of sp³-hybridized carbons (Fsp3) is 0.400. The summed E-state index contributed by atoms with van der Waals surface area (Å²) in [7, 11) is 3.12. The molecule has 4 rings (SSSR count). The molecule has 1 saturated heterocycles. The van der Waals surface area contributed by atoms with E-state index in [9.17, 15) is 9.59 Å². The zero-order valence-electron chi connectivity index (χ0n) is 20.1. The Kier molecular flexibility index (Phi) is 7.82. The molecule has 1 aromatic carbocycles. The lowest BCUT2D eigenvalue weighted by molar-refractivity contribution is -0.138. The van der Waals surface area contributed by atoms with Crippen LogP contribution in [0.15, 0.2) is 58.2 Å². The van der Waals surface area contributed by atoms with Crippen LogP contribution in [0.2, 0.25) is 0 Å². The number of hydrogen-bond acceptors (Lipinski definition) is 9. The van der Waals surface area contributed by atoms with Crippen molar-refractivity contribution >= 4 is 28.8 Å². The third kappa shape index (κ3) is 4.94. The second kappa shape index (κ2) is 11.0. The maximum absolute atomic E-state index is 13.3. The summed E-state index contributed by atoms with van der Waals surface area (Å²) in [4.78, 5) is 34.8. The van der Waals surface area contributed by atoms with Gasteiger partial charge in [0.2, 0.25) is 5.91 Å². The van der Waals surface area contributed by atoms with Crippen LogP contribution in [0, 0.1) is 0 Å². The molecule has 0 bridgehead atoms. The van der Waals surface area contributed by atoms with Gasteiger partial charge in [-0.2, -0.15) is 0 Å². The first-order valence-electron chi connectivity index (χ1n) is 11.3. The average molecular weight is 500 g/mol. The number of rotatable bonds is 8. The maximum Gasteiger partial charge on any atom is 0.338 e. The van der Waals surface area contributed by atoms with E-state index in [1.54, 1.807) is 32.1 Å².